The molecule has 5 nitrogen and oxygen atoms in total. The molecule has 1 amide bonds. The van der Waals surface area contributed by atoms with Gasteiger partial charge < -0.3 is 15.8 Å². The van der Waals surface area contributed by atoms with Crippen LogP contribution in [0.5, 0.6) is 0 Å². The fourth-order valence-electron chi connectivity index (χ4n) is 1.64. The van der Waals surface area contributed by atoms with E-state index in [1.54, 1.807) is 13.8 Å². The summed E-state index contributed by atoms with van der Waals surface area (Å²) >= 11 is 0. The van der Waals surface area contributed by atoms with Crippen molar-refractivity contribution < 1.29 is 18.7 Å². The van der Waals surface area contributed by atoms with Gasteiger partial charge in [0.15, 0.2) is 0 Å². The molecular weight excluding hydrogens is 263 g/mol. The highest BCUT2D eigenvalue weighted by Gasteiger charge is 2.20. The molecule has 0 bridgehead atoms. The molecule has 0 spiro atoms. The number of nitrogens with two attached hydrogens (primary N) is 1. The highest BCUT2D eigenvalue weighted by Crippen LogP contribution is 2.18. The summed E-state index contributed by atoms with van der Waals surface area (Å²) in [4.78, 5) is 23.2. The number of hydrogen-bond donors (Lipinski definition) is 2. The minimum atomic E-state index is -0.694. The second-order valence-electron chi connectivity index (χ2n) is 4.41. The Balaban J connectivity index is 2.85. The van der Waals surface area contributed by atoms with Crippen molar-refractivity contribution in [3.63, 3.8) is 0 Å². The maximum absolute atomic E-state index is 12.9. The molecular formula is C14H19FN2O3. The summed E-state index contributed by atoms with van der Waals surface area (Å²) < 4.78 is 17.8. The molecule has 0 fully saturated rings. The number of ether oxygens (including phenoxy) is 1. The Morgan fingerprint density at radius 1 is 1.35 bits per heavy atom. The third-order valence-electron chi connectivity index (χ3n) is 2.68. The largest absolute Gasteiger partial charge is 0.466 e. The van der Waals surface area contributed by atoms with E-state index < -0.39 is 18.1 Å². The third kappa shape index (κ3) is 4.97. The molecule has 0 saturated carbocycles. The number of amides is 1. The highest BCUT2D eigenvalue weighted by molar-refractivity contribution is 5.82. The number of halogens is 1. The summed E-state index contributed by atoms with van der Waals surface area (Å²) in [6.45, 7) is 3.50. The van der Waals surface area contributed by atoms with E-state index in [4.69, 9.17) is 10.5 Å². The van der Waals surface area contributed by atoms with Crippen LogP contribution in [0.1, 0.15) is 31.9 Å². The van der Waals surface area contributed by atoms with Crippen LogP contribution in [0.25, 0.3) is 0 Å². The van der Waals surface area contributed by atoms with Gasteiger partial charge in [-0.05, 0) is 31.5 Å². The molecule has 6 heteroatoms. The molecule has 0 aliphatic rings. The van der Waals surface area contributed by atoms with Gasteiger partial charge >= 0.3 is 5.97 Å². The van der Waals surface area contributed by atoms with Crippen LogP contribution in [0.4, 0.5) is 4.39 Å². The Labute approximate surface area is 117 Å². The van der Waals surface area contributed by atoms with Crippen molar-refractivity contribution >= 4 is 11.9 Å². The Morgan fingerprint density at radius 2 is 1.95 bits per heavy atom. The first-order valence-electron chi connectivity index (χ1n) is 6.41. The van der Waals surface area contributed by atoms with E-state index in [0.717, 1.165) is 0 Å². The van der Waals surface area contributed by atoms with Crippen molar-refractivity contribution in [2.45, 2.75) is 32.4 Å². The molecule has 0 heterocycles. The normalized spacial score (nSPS) is 13.4. The zero-order chi connectivity index (χ0) is 15.1. The van der Waals surface area contributed by atoms with Gasteiger partial charge in [-0.25, -0.2) is 4.39 Å². The lowest BCUT2D eigenvalue weighted by atomic mass is 10.0. The topological polar surface area (TPSA) is 81.4 Å². The van der Waals surface area contributed by atoms with Crippen LogP contribution in [0.15, 0.2) is 24.3 Å². The summed E-state index contributed by atoms with van der Waals surface area (Å²) in [7, 11) is 0. The monoisotopic (exact) mass is 282 g/mol. The number of hydrogen-bond acceptors (Lipinski definition) is 4. The molecule has 0 saturated heterocycles. The third-order valence-corrected chi connectivity index (χ3v) is 2.68. The summed E-state index contributed by atoms with van der Waals surface area (Å²) in [5.74, 6) is -1.21. The number of rotatable bonds is 6. The molecule has 0 aliphatic heterocycles. The molecule has 2 atom stereocenters. The van der Waals surface area contributed by atoms with Crippen molar-refractivity contribution in [3.8, 4) is 0 Å². The first-order valence-corrected chi connectivity index (χ1v) is 6.41. The molecule has 20 heavy (non-hydrogen) atoms. The number of benzene rings is 1. The molecule has 0 aliphatic carbocycles. The van der Waals surface area contributed by atoms with Crippen LogP contribution >= 0.6 is 0 Å². The number of carbonyl (C=O) groups is 2. The SMILES string of the molecule is CCOC(=O)CC(NC(=O)[C@H](C)N)c1ccc(F)cc1. The van der Waals surface area contributed by atoms with Crippen molar-refractivity contribution in [1.29, 1.82) is 0 Å². The summed E-state index contributed by atoms with van der Waals surface area (Å²) in [6.07, 6.45) is -0.0298. The molecule has 3 N–H and O–H groups in total. The minimum Gasteiger partial charge on any atom is -0.466 e. The van der Waals surface area contributed by atoms with Crippen LogP contribution < -0.4 is 11.1 Å². The lowest BCUT2D eigenvalue weighted by Crippen LogP contribution is -2.41. The van der Waals surface area contributed by atoms with Crippen LogP contribution in [-0.4, -0.2) is 24.5 Å². The Morgan fingerprint density at radius 3 is 2.45 bits per heavy atom. The Bertz CT molecular complexity index is 460. The van der Waals surface area contributed by atoms with E-state index in [0.29, 0.717) is 5.56 Å². The number of carbonyl (C=O) groups excluding carboxylic acids is 2. The van der Waals surface area contributed by atoms with Gasteiger partial charge in [-0.15, -0.1) is 0 Å². The second-order valence-corrected chi connectivity index (χ2v) is 4.41. The van der Waals surface area contributed by atoms with Crippen molar-refractivity contribution in [1.82, 2.24) is 5.32 Å². The number of esters is 1. The standard InChI is InChI=1S/C14H19FN2O3/c1-3-20-13(18)8-12(17-14(19)9(2)16)10-4-6-11(15)7-5-10/h4-7,9,12H,3,8,16H2,1-2H3,(H,17,19)/t9-,12?/m0/s1. The summed E-state index contributed by atoms with van der Waals surface area (Å²) in [5.41, 5.74) is 6.11. The number of nitrogens with one attached hydrogen (secondary N) is 1. The van der Waals surface area contributed by atoms with Crippen molar-refractivity contribution in [2.75, 3.05) is 6.61 Å². The zero-order valence-corrected chi connectivity index (χ0v) is 11.6. The molecule has 1 aromatic carbocycles. The maximum Gasteiger partial charge on any atom is 0.308 e. The lowest BCUT2D eigenvalue weighted by molar-refractivity contribution is -0.143. The van der Waals surface area contributed by atoms with E-state index in [1.807, 2.05) is 0 Å². The fraction of sp³-hybridized carbons (Fsp3) is 0.429. The average Bonchev–Trinajstić information content (AvgIpc) is 2.39. The Hall–Kier alpha value is -1.95. The van der Waals surface area contributed by atoms with Crippen molar-refractivity contribution in [3.05, 3.63) is 35.6 Å². The van der Waals surface area contributed by atoms with E-state index in [9.17, 15) is 14.0 Å². The fourth-order valence-corrected chi connectivity index (χ4v) is 1.64. The summed E-state index contributed by atoms with van der Waals surface area (Å²) in [6, 6.07) is 4.28. The van der Waals surface area contributed by atoms with Gasteiger partial charge in [-0.3, -0.25) is 9.59 Å². The van der Waals surface area contributed by atoms with E-state index in [1.165, 1.54) is 24.3 Å². The molecule has 1 rings (SSSR count). The zero-order valence-electron chi connectivity index (χ0n) is 11.6. The predicted octanol–water partition coefficient (Wildman–Crippen LogP) is 1.28. The van der Waals surface area contributed by atoms with Crippen LogP contribution in [-0.2, 0) is 14.3 Å². The van der Waals surface area contributed by atoms with Gasteiger partial charge in [0.2, 0.25) is 5.91 Å². The average molecular weight is 282 g/mol. The van der Waals surface area contributed by atoms with Gasteiger partial charge in [0, 0.05) is 0 Å². The van der Waals surface area contributed by atoms with Crippen LogP contribution in [0.3, 0.4) is 0 Å². The molecule has 110 valence electrons. The molecule has 1 unspecified atom stereocenters. The first kappa shape index (κ1) is 16.1. The maximum atomic E-state index is 12.9. The lowest BCUT2D eigenvalue weighted by Gasteiger charge is -2.19. The Kier molecular flexibility index (Phi) is 6.11. The second kappa shape index (κ2) is 7.59. The van der Waals surface area contributed by atoms with E-state index >= 15 is 0 Å². The molecule has 0 radical (unpaired) electrons. The van der Waals surface area contributed by atoms with Gasteiger partial charge in [0.1, 0.15) is 5.82 Å². The predicted molar refractivity (Wildman–Crippen MR) is 72.2 cm³/mol. The summed E-state index contributed by atoms with van der Waals surface area (Å²) in [5, 5.41) is 2.65. The van der Waals surface area contributed by atoms with Gasteiger partial charge in [0.25, 0.3) is 0 Å². The first-order chi connectivity index (χ1) is 9.43. The van der Waals surface area contributed by atoms with Crippen molar-refractivity contribution in [2.24, 2.45) is 5.73 Å². The van der Waals surface area contributed by atoms with Gasteiger partial charge in [-0.2, -0.15) is 0 Å². The quantitative estimate of drug-likeness (QED) is 0.770. The minimum absolute atomic E-state index is 0.0298. The van der Waals surface area contributed by atoms with Crippen LogP contribution in [0, 0.1) is 5.82 Å². The van der Waals surface area contributed by atoms with Gasteiger partial charge in [0.05, 0.1) is 25.1 Å². The van der Waals surface area contributed by atoms with E-state index in [-0.39, 0.29) is 24.8 Å². The van der Waals surface area contributed by atoms with Crippen LogP contribution in [0.2, 0.25) is 0 Å². The molecule has 1 aromatic rings. The molecule has 0 aromatic heterocycles. The van der Waals surface area contributed by atoms with Gasteiger partial charge in [-0.1, -0.05) is 12.1 Å². The highest BCUT2D eigenvalue weighted by atomic mass is 19.1. The van der Waals surface area contributed by atoms with E-state index in [2.05, 4.69) is 5.32 Å². The smallest absolute Gasteiger partial charge is 0.308 e.